The van der Waals surface area contributed by atoms with Gasteiger partial charge in [-0.25, -0.2) is 0 Å². The van der Waals surface area contributed by atoms with Crippen LogP contribution in [0.25, 0.3) is 0 Å². The van der Waals surface area contributed by atoms with Gasteiger partial charge >= 0.3 is 0 Å². The van der Waals surface area contributed by atoms with Crippen LogP contribution in [-0.4, -0.2) is 24.0 Å². The lowest BCUT2D eigenvalue weighted by Gasteiger charge is -2.10. The van der Waals surface area contributed by atoms with E-state index >= 15 is 0 Å². The summed E-state index contributed by atoms with van der Waals surface area (Å²) in [6, 6.07) is 0.314. The fraction of sp³-hybridized carbons (Fsp3) is 0.556. The van der Waals surface area contributed by atoms with Gasteiger partial charge < -0.3 is 0 Å². The average molecular weight is 171 g/mol. The first-order valence-corrected chi connectivity index (χ1v) is 4.10. The molecule has 0 aliphatic carbocycles. The first-order chi connectivity index (χ1) is 5.66. The average Bonchev–Trinajstić information content (AvgIpc) is 2.42. The van der Waals surface area contributed by atoms with Gasteiger partial charge in [0.2, 0.25) is 0 Å². The minimum absolute atomic E-state index is 0.314. The molecule has 0 amide bonds. The molecule has 0 saturated carbocycles. The summed E-state index contributed by atoms with van der Waals surface area (Å²) in [6.07, 6.45) is -0.0342. The standard InChI is InChI=1S/C9H11F2N/c1-6-2-8-3-7(9(10)11)5-12(8)4-6/h8H,1-5H2. The van der Waals surface area contributed by atoms with E-state index < -0.39 is 6.08 Å². The summed E-state index contributed by atoms with van der Waals surface area (Å²) >= 11 is 0. The lowest BCUT2D eigenvalue weighted by Crippen LogP contribution is -2.21. The fourth-order valence-corrected chi connectivity index (χ4v) is 2.06. The molecule has 2 rings (SSSR count). The summed E-state index contributed by atoms with van der Waals surface area (Å²) in [6.45, 7) is 5.12. The van der Waals surface area contributed by atoms with Crippen molar-refractivity contribution in [2.24, 2.45) is 0 Å². The Morgan fingerprint density at radius 3 is 2.67 bits per heavy atom. The number of fused-ring (bicyclic) bond motifs is 1. The molecule has 2 fully saturated rings. The van der Waals surface area contributed by atoms with E-state index in [9.17, 15) is 8.78 Å². The van der Waals surface area contributed by atoms with Crippen LogP contribution in [-0.2, 0) is 0 Å². The van der Waals surface area contributed by atoms with Crippen molar-refractivity contribution in [2.45, 2.75) is 18.9 Å². The van der Waals surface area contributed by atoms with Crippen LogP contribution in [0.2, 0.25) is 0 Å². The monoisotopic (exact) mass is 171 g/mol. The van der Waals surface area contributed by atoms with Gasteiger partial charge in [-0.2, -0.15) is 8.78 Å². The first kappa shape index (κ1) is 7.92. The second kappa shape index (κ2) is 2.66. The van der Waals surface area contributed by atoms with Crippen LogP contribution in [0.3, 0.4) is 0 Å². The molecule has 1 unspecified atom stereocenters. The molecule has 1 nitrogen and oxygen atoms in total. The first-order valence-electron chi connectivity index (χ1n) is 4.10. The van der Waals surface area contributed by atoms with Crippen molar-refractivity contribution in [1.82, 2.24) is 4.90 Å². The van der Waals surface area contributed by atoms with Crippen LogP contribution in [0.15, 0.2) is 23.8 Å². The van der Waals surface area contributed by atoms with Gasteiger partial charge in [-0.3, -0.25) is 4.90 Å². The van der Waals surface area contributed by atoms with Gasteiger partial charge in [0.1, 0.15) is 0 Å². The summed E-state index contributed by atoms with van der Waals surface area (Å²) in [7, 11) is 0. The molecule has 2 aliphatic rings. The molecule has 1 atom stereocenters. The third-order valence-electron chi connectivity index (χ3n) is 2.61. The zero-order valence-electron chi connectivity index (χ0n) is 6.82. The minimum atomic E-state index is -1.48. The Morgan fingerprint density at radius 2 is 2.08 bits per heavy atom. The molecular weight excluding hydrogens is 160 g/mol. The van der Waals surface area contributed by atoms with E-state index in [-0.39, 0.29) is 0 Å². The number of hydrogen-bond donors (Lipinski definition) is 0. The molecule has 2 aliphatic heterocycles. The van der Waals surface area contributed by atoms with Crippen molar-refractivity contribution in [3.8, 4) is 0 Å². The molecule has 2 saturated heterocycles. The SMILES string of the molecule is C=C1CC2CC(=C(F)F)CN2C1. The molecule has 0 bridgehead atoms. The van der Waals surface area contributed by atoms with E-state index in [1.165, 1.54) is 5.57 Å². The lowest BCUT2D eigenvalue weighted by molar-refractivity contribution is 0.328. The summed E-state index contributed by atoms with van der Waals surface area (Å²) in [5.74, 6) is 0. The predicted octanol–water partition coefficient (Wildman–Crippen LogP) is 2.17. The van der Waals surface area contributed by atoms with Crippen molar-refractivity contribution in [1.29, 1.82) is 0 Å². The molecule has 0 aromatic heterocycles. The topological polar surface area (TPSA) is 3.24 Å². The maximum Gasteiger partial charge on any atom is 0.270 e. The van der Waals surface area contributed by atoms with E-state index in [4.69, 9.17) is 0 Å². The highest BCUT2D eigenvalue weighted by molar-refractivity contribution is 5.21. The number of nitrogens with zero attached hydrogens (tertiary/aromatic N) is 1. The fourth-order valence-electron chi connectivity index (χ4n) is 2.06. The second-order valence-electron chi connectivity index (χ2n) is 3.58. The number of hydrogen-bond acceptors (Lipinski definition) is 1. The maximum atomic E-state index is 12.2. The van der Waals surface area contributed by atoms with Gasteiger partial charge in [-0.15, -0.1) is 0 Å². The molecule has 12 heavy (non-hydrogen) atoms. The summed E-state index contributed by atoms with van der Waals surface area (Å²) < 4.78 is 24.3. The third kappa shape index (κ3) is 1.18. The van der Waals surface area contributed by atoms with Crippen molar-refractivity contribution < 1.29 is 8.78 Å². The van der Waals surface area contributed by atoms with Crippen molar-refractivity contribution in [3.63, 3.8) is 0 Å². The Balaban J connectivity index is 2.12. The van der Waals surface area contributed by atoms with Crippen LogP contribution in [0.1, 0.15) is 12.8 Å². The number of rotatable bonds is 0. The Labute approximate surface area is 70.4 Å². The molecule has 0 aromatic rings. The summed E-state index contributed by atoms with van der Waals surface area (Å²) in [4.78, 5) is 2.08. The van der Waals surface area contributed by atoms with Crippen LogP contribution in [0, 0.1) is 0 Å². The molecule has 0 N–H and O–H groups in total. The zero-order chi connectivity index (χ0) is 8.72. The van der Waals surface area contributed by atoms with E-state index in [2.05, 4.69) is 11.5 Å². The smallest absolute Gasteiger partial charge is 0.270 e. The summed E-state index contributed by atoms with van der Waals surface area (Å²) in [5, 5.41) is 0. The highest BCUT2D eigenvalue weighted by Crippen LogP contribution is 2.34. The maximum absolute atomic E-state index is 12.2. The minimum Gasteiger partial charge on any atom is -0.292 e. The highest BCUT2D eigenvalue weighted by atomic mass is 19.3. The van der Waals surface area contributed by atoms with E-state index in [1.54, 1.807) is 0 Å². The Morgan fingerprint density at radius 1 is 1.33 bits per heavy atom. The van der Waals surface area contributed by atoms with Gasteiger partial charge in [-0.05, 0) is 12.8 Å². The van der Waals surface area contributed by atoms with E-state index in [0.29, 0.717) is 24.6 Å². The summed E-state index contributed by atoms with van der Waals surface area (Å²) in [5.41, 5.74) is 1.51. The van der Waals surface area contributed by atoms with Gasteiger partial charge in [0.15, 0.2) is 0 Å². The third-order valence-corrected chi connectivity index (χ3v) is 2.61. The predicted molar refractivity (Wildman–Crippen MR) is 43.0 cm³/mol. The molecule has 2 heterocycles. The molecular formula is C9H11F2N. The second-order valence-corrected chi connectivity index (χ2v) is 3.58. The molecule has 0 spiro atoms. The Bertz CT molecular complexity index is 235. The largest absolute Gasteiger partial charge is 0.292 e. The van der Waals surface area contributed by atoms with Crippen LogP contribution in [0.4, 0.5) is 8.78 Å². The van der Waals surface area contributed by atoms with Crippen molar-refractivity contribution in [2.75, 3.05) is 13.1 Å². The van der Waals surface area contributed by atoms with Gasteiger partial charge in [0, 0.05) is 24.7 Å². The van der Waals surface area contributed by atoms with E-state index in [0.717, 1.165) is 13.0 Å². The molecule has 0 radical (unpaired) electrons. The van der Waals surface area contributed by atoms with Crippen LogP contribution in [0.5, 0.6) is 0 Å². The van der Waals surface area contributed by atoms with Crippen LogP contribution >= 0.6 is 0 Å². The lowest BCUT2D eigenvalue weighted by atomic mass is 10.1. The van der Waals surface area contributed by atoms with Crippen molar-refractivity contribution >= 4 is 0 Å². The quantitative estimate of drug-likeness (QED) is 0.505. The molecule has 0 aromatic carbocycles. The normalized spacial score (nSPS) is 29.7. The Hall–Kier alpha value is -0.700. The highest BCUT2D eigenvalue weighted by Gasteiger charge is 2.35. The van der Waals surface area contributed by atoms with Gasteiger partial charge in [0.25, 0.3) is 6.08 Å². The van der Waals surface area contributed by atoms with Crippen LogP contribution < -0.4 is 0 Å². The van der Waals surface area contributed by atoms with Crippen molar-refractivity contribution in [3.05, 3.63) is 23.8 Å². The molecule has 3 heteroatoms. The Kier molecular flexibility index (Phi) is 1.76. The number of halogens is 2. The van der Waals surface area contributed by atoms with E-state index in [1.807, 2.05) is 0 Å². The zero-order valence-corrected chi connectivity index (χ0v) is 6.82. The van der Waals surface area contributed by atoms with Gasteiger partial charge in [0.05, 0.1) is 0 Å². The molecule has 66 valence electrons. The van der Waals surface area contributed by atoms with Gasteiger partial charge in [-0.1, -0.05) is 12.2 Å².